The van der Waals surface area contributed by atoms with E-state index in [0.29, 0.717) is 0 Å². The molecule has 0 radical (unpaired) electrons. The molecule has 0 atom stereocenters. The molecule has 0 aromatic heterocycles. The van der Waals surface area contributed by atoms with Gasteiger partial charge in [0.2, 0.25) is 0 Å². The minimum atomic E-state index is 0.817. The number of rotatable bonds is 7. The Bertz CT molecular complexity index is 313. The molecule has 0 spiro atoms. The van der Waals surface area contributed by atoms with Gasteiger partial charge >= 0.3 is 0 Å². The van der Waals surface area contributed by atoms with Crippen LogP contribution >= 0.6 is 31.9 Å². The third-order valence-corrected chi connectivity index (χ3v) is 4.29. The molecular weight excluding hydrogens is 332 g/mol. The van der Waals surface area contributed by atoms with Crippen molar-refractivity contribution in [3.63, 3.8) is 0 Å². The number of hydrogen-bond acceptors (Lipinski definition) is 1. The topological polar surface area (TPSA) is 9.23 Å². The van der Waals surface area contributed by atoms with E-state index >= 15 is 0 Å². The molecule has 0 bridgehead atoms. The van der Waals surface area contributed by atoms with Crippen molar-refractivity contribution in [2.75, 3.05) is 6.61 Å². The van der Waals surface area contributed by atoms with Gasteiger partial charge < -0.3 is 4.74 Å². The molecule has 0 fully saturated rings. The molecular formula is C13H18Br2O. The summed E-state index contributed by atoms with van der Waals surface area (Å²) in [6.45, 7) is 3.05. The molecule has 1 aromatic carbocycles. The van der Waals surface area contributed by atoms with Crippen LogP contribution in [0.3, 0.4) is 0 Å². The SMILES string of the molecule is CCCCCCCOc1ccc(Br)c(Br)c1. The first-order chi connectivity index (χ1) is 7.74. The number of hydrogen-bond donors (Lipinski definition) is 0. The summed E-state index contributed by atoms with van der Waals surface area (Å²) < 4.78 is 7.77. The summed E-state index contributed by atoms with van der Waals surface area (Å²) in [6, 6.07) is 5.98. The van der Waals surface area contributed by atoms with E-state index in [2.05, 4.69) is 38.8 Å². The van der Waals surface area contributed by atoms with Crippen molar-refractivity contribution >= 4 is 31.9 Å². The Morgan fingerprint density at radius 1 is 1.00 bits per heavy atom. The van der Waals surface area contributed by atoms with Crippen molar-refractivity contribution in [1.82, 2.24) is 0 Å². The van der Waals surface area contributed by atoms with E-state index in [9.17, 15) is 0 Å². The van der Waals surface area contributed by atoms with Crippen molar-refractivity contribution in [1.29, 1.82) is 0 Å². The minimum absolute atomic E-state index is 0.817. The Morgan fingerprint density at radius 3 is 2.44 bits per heavy atom. The second-order valence-corrected chi connectivity index (χ2v) is 5.55. The third-order valence-electron chi connectivity index (χ3n) is 2.41. The maximum atomic E-state index is 5.67. The molecule has 1 rings (SSSR count). The molecule has 0 aliphatic carbocycles. The fraction of sp³-hybridized carbons (Fsp3) is 0.538. The van der Waals surface area contributed by atoms with Crippen molar-refractivity contribution in [2.45, 2.75) is 39.0 Å². The van der Waals surface area contributed by atoms with Gasteiger partial charge in [-0.25, -0.2) is 0 Å². The van der Waals surface area contributed by atoms with Crippen LogP contribution in [-0.4, -0.2) is 6.61 Å². The molecule has 0 aliphatic heterocycles. The lowest BCUT2D eigenvalue weighted by Gasteiger charge is -2.07. The summed E-state index contributed by atoms with van der Waals surface area (Å²) in [4.78, 5) is 0. The van der Waals surface area contributed by atoms with Crippen molar-refractivity contribution in [2.24, 2.45) is 0 Å². The summed E-state index contributed by atoms with van der Waals surface area (Å²) in [5.41, 5.74) is 0. The summed E-state index contributed by atoms with van der Waals surface area (Å²) >= 11 is 6.90. The maximum absolute atomic E-state index is 5.67. The van der Waals surface area contributed by atoms with Gasteiger partial charge in [-0.1, -0.05) is 32.6 Å². The molecule has 0 N–H and O–H groups in total. The molecule has 0 unspecified atom stereocenters. The van der Waals surface area contributed by atoms with Gasteiger partial charge in [-0.3, -0.25) is 0 Å². The second-order valence-electron chi connectivity index (χ2n) is 3.84. The summed E-state index contributed by atoms with van der Waals surface area (Å²) in [6.07, 6.45) is 6.37. The predicted molar refractivity (Wildman–Crippen MR) is 76.1 cm³/mol. The lowest BCUT2D eigenvalue weighted by Crippen LogP contribution is -1.97. The van der Waals surface area contributed by atoms with Gasteiger partial charge in [-0.05, 0) is 56.5 Å². The smallest absolute Gasteiger partial charge is 0.120 e. The molecule has 16 heavy (non-hydrogen) atoms. The highest BCUT2D eigenvalue weighted by molar-refractivity contribution is 9.13. The van der Waals surface area contributed by atoms with Crippen LogP contribution in [0.2, 0.25) is 0 Å². The normalized spacial score (nSPS) is 10.4. The van der Waals surface area contributed by atoms with Crippen molar-refractivity contribution in [3.8, 4) is 5.75 Å². The molecule has 0 saturated heterocycles. The first-order valence-electron chi connectivity index (χ1n) is 5.82. The van der Waals surface area contributed by atoms with Gasteiger partial charge in [0.25, 0.3) is 0 Å². The van der Waals surface area contributed by atoms with E-state index in [1.165, 1.54) is 25.7 Å². The van der Waals surface area contributed by atoms with E-state index in [1.807, 2.05) is 18.2 Å². The molecule has 1 nitrogen and oxygen atoms in total. The molecule has 90 valence electrons. The summed E-state index contributed by atoms with van der Waals surface area (Å²) in [5.74, 6) is 0.936. The summed E-state index contributed by atoms with van der Waals surface area (Å²) in [5, 5.41) is 0. The molecule has 3 heteroatoms. The number of benzene rings is 1. The number of ether oxygens (including phenoxy) is 1. The highest BCUT2D eigenvalue weighted by Crippen LogP contribution is 2.27. The van der Waals surface area contributed by atoms with E-state index in [-0.39, 0.29) is 0 Å². The average molecular weight is 350 g/mol. The largest absolute Gasteiger partial charge is 0.494 e. The third kappa shape index (κ3) is 5.35. The predicted octanol–water partition coefficient (Wildman–Crippen LogP) is 5.56. The van der Waals surface area contributed by atoms with Gasteiger partial charge in [-0.2, -0.15) is 0 Å². The van der Waals surface area contributed by atoms with Gasteiger partial charge in [0.05, 0.1) is 6.61 Å². The van der Waals surface area contributed by atoms with Crippen LogP contribution in [0.4, 0.5) is 0 Å². The fourth-order valence-corrected chi connectivity index (χ4v) is 2.07. The van der Waals surface area contributed by atoms with Crippen LogP contribution in [0, 0.1) is 0 Å². The average Bonchev–Trinajstić information content (AvgIpc) is 2.28. The van der Waals surface area contributed by atoms with Gasteiger partial charge in [0, 0.05) is 8.95 Å². The van der Waals surface area contributed by atoms with Gasteiger partial charge in [-0.15, -0.1) is 0 Å². The Kier molecular flexibility index (Phi) is 7.13. The zero-order valence-electron chi connectivity index (χ0n) is 9.64. The van der Waals surface area contributed by atoms with Crippen LogP contribution in [0.1, 0.15) is 39.0 Å². The Labute approximate surface area is 115 Å². The lowest BCUT2D eigenvalue weighted by atomic mass is 10.2. The zero-order chi connectivity index (χ0) is 11.8. The van der Waals surface area contributed by atoms with Crippen LogP contribution in [-0.2, 0) is 0 Å². The lowest BCUT2D eigenvalue weighted by molar-refractivity contribution is 0.304. The van der Waals surface area contributed by atoms with E-state index in [0.717, 1.165) is 27.7 Å². The zero-order valence-corrected chi connectivity index (χ0v) is 12.8. The highest BCUT2D eigenvalue weighted by atomic mass is 79.9. The molecule has 0 aliphatic rings. The first kappa shape index (κ1) is 14.0. The van der Waals surface area contributed by atoms with Gasteiger partial charge in [0.1, 0.15) is 5.75 Å². The monoisotopic (exact) mass is 348 g/mol. The van der Waals surface area contributed by atoms with E-state index in [4.69, 9.17) is 4.74 Å². The Hall–Kier alpha value is -0.0200. The van der Waals surface area contributed by atoms with E-state index in [1.54, 1.807) is 0 Å². The molecule has 0 heterocycles. The van der Waals surface area contributed by atoms with Crippen LogP contribution in [0.15, 0.2) is 27.1 Å². The molecule has 1 aromatic rings. The first-order valence-corrected chi connectivity index (χ1v) is 7.40. The van der Waals surface area contributed by atoms with E-state index < -0.39 is 0 Å². The number of unbranched alkanes of at least 4 members (excludes halogenated alkanes) is 4. The second kappa shape index (κ2) is 8.13. The maximum Gasteiger partial charge on any atom is 0.120 e. The quantitative estimate of drug-likeness (QED) is 0.585. The number of halogens is 2. The van der Waals surface area contributed by atoms with Crippen LogP contribution < -0.4 is 4.74 Å². The minimum Gasteiger partial charge on any atom is -0.494 e. The van der Waals surface area contributed by atoms with Crippen LogP contribution in [0.5, 0.6) is 5.75 Å². The van der Waals surface area contributed by atoms with Gasteiger partial charge in [0.15, 0.2) is 0 Å². The van der Waals surface area contributed by atoms with Crippen molar-refractivity contribution < 1.29 is 4.74 Å². The molecule has 0 amide bonds. The van der Waals surface area contributed by atoms with Crippen LogP contribution in [0.25, 0.3) is 0 Å². The standard InChI is InChI=1S/C13H18Br2O/c1-2-3-4-5-6-9-16-11-7-8-12(14)13(15)10-11/h7-8,10H,2-6,9H2,1H3. The highest BCUT2D eigenvalue weighted by Gasteiger charge is 1.99. The van der Waals surface area contributed by atoms with Crippen molar-refractivity contribution in [3.05, 3.63) is 27.1 Å². The fourth-order valence-electron chi connectivity index (χ4n) is 1.46. The molecule has 0 saturated carbocycles. The Morgan fingerprint density at radius 2 is 1.75 bits per heavy atom. The Balaban J connectivity index is 2.19. The summed E-state index contributed by atoms with van der Waals surface area (Å²) in [7, 11) is 0.